The van der Waals surface area contributed by atoms with E-state index in [9.17, 15) is 4.79 Å². The van der Waals surface area contributed by atoms with Crippen LogP contribution in [0.15, 0.2) is 35.5 Å². The average molecular weight is 372 g/mol. The SMILES string of the molecule is CCCSc1nc(Cl)c(NC(=O)OCc2ccccc2)c(Cl)n1. The maximum Gasteiger partial charge on any atom is 0.412 e. The number of ether oxygens (including phenoxy) is 1. The van der Waals surface area contributed by atoms with Crippen LogP contribution in [0.25, 0.3) is 0 Å². The number of anilines is 1. The van der Waals surface area contributed by atoms with Crippen LogP contribution in [-0.2, 0) is 11.3 Å². The van der Waals surface area contributed by atoms with Crippen molar-refractivity contribution in [1.82, 2.24) is 9.97 Å². The molecule has 23 heavy (non-hydrogen) atoms. The van der Waals surface area contributed by atoms with Gasteiger partial charge in [-0.2, -0.15) is 0 Å². The van der Waals surface area contributed by atoms with Gasteiger partial charge in [-0.15, -0.1) is 0 Å². The first-order chi connectivity index (χ1) is 11.1. The number of nitrogens with zero attached hydrogens (tertiary/aromatic N) is 2. The van der Waals surface area contributed by atoms with E-state index in [2.05, 4.69) is 22.2 Å². The maximum atomic E-state index is 11.8. The summed E-state index contributed by atoms with van der Waals surface area (Å²) < 4.78 is 5.11. The Morgan fingerprint density at radius 3 is 2.48 bits per heavy atom. The molecule has 1 N–H and O–H groups in total. The normalized spacial score (nSPS) is 10.4. The zero-order valence-corrected chi connectivity index (χ0v) is 14.7. The molecule has 0 atom stereocenters. The molecule has 2 aromatic rings. The van der Waals surface area contributed by atoms with Crippen molar-refractivity contribution in [2.45, 2.75) is 25.1 Å². The third-order valence-corrected chi connectivity index (χ3v) is 4.28. The van der Waals surface area contributed by atoms with Crippen LogP contribution in [0, 0.1) is 0 Å². The second kappa shape index (κ2) is 8.96. The summed E-state index contributed by atoms with van der Waals surface area (Å²) in [5, 5.41) is 3.12. The lowest BCUT2D eigenvalue weighted by Gasteiger charge is -2.10. The number of rotatable bonds is 6. The van der Waals surface area contributed by atoms with E-state index < -0.39 is 6.09 Å². The van der Waals surface area contributed by atoms with Gasteiger partial charge in [0.25, 0.3) is 0 Å². The van der Waals surface area contributed by atoms with E-state index in [1.54, 1.807) is 0 Å². The Morgan fingerprint density at radius 1 is 1.22 bits per heavy atom. The molecule has 1 amide bonds. The van der Waals surface area contributed by atoms with Gasteiger partial charge in [0.1, 0.15) is 12.3 Å². The minimum absolute atomic E-state index is 0.0836. The van der Waals surface area contributed by atoms with Crippen LogP contribution in [0.5, 0.6) is 0 Å². The van der Waals surface area contributed by atoms with Crippen LogP contribution in [0.2, 0.25) is 10.3 Å². The number of hydrogen-bond donors (Lipinski definition) is 1. The van der Waals surface area contributed by atoms with Crippen LogP contribution in [0.3, 0.4) is 0 Å². The van der Waals surface area contributed by atoms with Crippen molar-refractivity contribution < 1.29 is 9.53 Å². The molecule has 5 nitrogen and oxygen atoms in total. The van der Waals surface area contributed by atoms with Gasteiger partial charge < -0.3 is 4.74 Å². The van der Waals surface area contributed by atoms with Crippen LogP contribution < -0.4 is 5.32 Å². The number of carbonyl (C=O) groups is 1. The molecule has 0 fully saturated rings. The molecule has 1 aromatic carbocycles. The van der Waals surface area contributed by atoms with E-state index in [-0.39, 0.29) is 22.6 Å². The molecule has 2 rings (SSSR count). The van der Waals surface area contributed by atoms with Crippen LogP contribution in [0.4, 0.5) is 10.5 Å². The van der Waals surface area contributed by atoms with Gasteiger partial charge in [-0.3, -0.25) is 5.32 Å². The molecular formula is C15H15Cl2N3O2S. The van der Waals surface area contributed by atoms with Gasteiger partial charge in [0.2, 0.25) is 0 Å². The van der Waals surface area contributed by atoms with E-state index in [0.717, 1.165) is 17.7 Å². The van der Waals surface area contributed by atoms with Gasteiger partial charge in [0, 0.05) is 5.75 Å². The molecule has 8 heteroatoms. The van der Waals surface area contributed by atoms with E-state index >= 15 is 0 Å². The third kappa shape index (κ3) is 5.57. The van der Waals surface area contributed by atoms with E-state index in [0.29, 0.717) is 5.16 Å². The highest BCUT2D eigenvalue weighted by Gasteiger charge is 2.15. The molecule has 0 bridgehead atoms. The van der Waals surface area contributed by atoms with Gasteiger partial charge in [0.15, 0.2) is 15.5 Å². The predicted molar refractivity (Wildman–Crippen MR) is 93.3 cm³/mol. The smallest absolute Gasteiger partial charge is 0.412 e. The monoisotopic (exact) mass is 371 g/mol. The molecule has 0 aliphatic rings. The molecule has 0 aliphatic heterocycles. The minimum Gasteiger partial charge on any atom is -0.444 e. The van der Waals surface area contributed by atoms with Crippen molar-refractivity contribution in [1.29, 1.82) is 0 Å². The number of aromatic nitrogens is 2. The van der Waals surface area contributed by atoms with Crippen molar-refractivity contribution >= 4 is 46.7 Å². The number of halogens is 2. The largest absolute Gasteiger partial charge is 0.444 e. The number of hydrogen-bond acceptors (Lipinski definition) is 5. The summed E-state index contributed by atoms with van der Waals surface area (Å²) >= 11 is 13.6. The first-order valence-corrected chi connectivity index (χ1v) is 8.67. The Morgan fingerprint density at radius 2 is 1.87 bits per heavy atom. The summed E-state index contributed by atoms with van der Waals surface area (Å²) in [4.78, 5) is 20.0. The van der Waals surface area contributed by atoms with Gasteiger partial charge in [0.05, 0.1) is 0 Å². The van der Waals surface area contributed by atoms with Crippen molar-refractivity contribution in [2.75, 3.05) is 11.1 Å². The summed E-state index contributed by atoms with van der Waals surface area (Å²) in [7, 11) is 0. The van der Waals surface area contributed by atoms with E-state index in [4.69, 9.17) is 27.9 Å². The second-order valence-corrected chi connectivity index (χ2v) is 6.28. The predicted octanol–water partition coefficient (Wildman–Crippen LogP) is 5.03. The highest BCUT2D eigenvalue weighted by atomic mass is 35.5. The van der Waals surface area contributed by atoms with Crippen molar-refractivity contribution in [3.8, 4) is 0 Å². The van der Waals surface area contributed by atoms with Gasteiger partial charge in [-0.05, 0) is 12.0 Å². The highest BCUT2D eigenvalue weighted by molar-refractivity contribution is 7.99. The number of carbonyl (C=O) groups excluding carboxylic acids is 1. The zero-order chi connectivity index (χ0) is 16.7. The fourth-order valence-electron chi connectivity index (χ4n) is 1.61. The maximum absolute atomic E-state index is 11.8. The molecule has 0 radical (unpaired) electrons. The van der Waals surface area contributed by atoms with Gasteiger partial charge >= 0.3 is 6.09 Å². The minimum atomic E-state index is -0.671. The number of nitrogens with one attached hydrogen (secondary N) is 1. The second-order valence-electron chi connectivity index (χ2n) is 4.50. The lowest BCUT2D eigenvalue weighted by atomic mass is 10.2. The standard InChI is InChI=1S/C15H15Cl2N3O2S/c1-2-8-23-14-19-12(16)11(13(17)20-14)18-15(21)22-9-10-6-4-3-5-7-10/h3-7H,2,8-9H2,1H3,(H,18,21). The molecule has 0 spiro atoms. The number of benzene rings is 1. The molecule has 1 aromatic heterocycles. The van der Waals surface area contributed by atoms with E-state index in [1.165, 1.54) is 11.8 Å². The Balaban J connectivity index is 1.97. The topological polar surface area (TPSA) is 64.1 Å². The lowest BCUT2D eigenvalue weighted by Crippen LogP contribution is -2.15. The Hall–Kier alpha value is -1.50. The van der Waals surface area contributed by atoms with Crippen LogP contribution >= 0.6 is 35.0 Å². The summed E-state index contributed by atoms with van der Waals surface area (Å²) in [5.41, 5.74) is 1.02. The van der Waals surface area contributed by atoms with Gasteiger partial charge in [-0.25, -0.2) is 14.8 Å². The number of amides is 1. The molecule has 0 saturated carbocycles. The summed E-state index contributed by atoms with van der Waals surface area (Å²) in [6.45, 7) is 2.20. The lowest BCUT2D eigenvalue weighted by molar-refractivity contribution is 0.155. The summed E-state index contributed by atoms with van der Waals surface area (Å²) in [6.07, 6.45) is 0.310. The zero-order valence-electron chi connectivity index (χ0n) is 12.4. The molecular weight excluding hydrogens is 357 g/mol. The highest BCUT2D eigenvalue weighted by Crippen LogP contribution is 2.30. The van der Waals surface area contributed by atoms with Crippen LogP contribution in [-0.4, -0.2) is 21.8 Å². The first-order valence-electron chi connectivity index (χ1n) is 6.93. The van der Waals surface area contributed by atoms with Gasteiger partial charge in [-0.1, -0.05) is 72.2 Å². The summed E-state index contributed by atoms with van der Waals surface area (Å²) in [5.74, 6) is 0.860. The van der Waals surface area contributed by atoms with E-state index in [1.807, 2.05) is 30.3 Å². The number of thioether (sulfide) groups is 1. The van der Waals surface area contributed by atoms with Crippen molar-refractivity contribution in [3.63, 3.8) is 0 Å². The van der Waals surface area contributed by atoms with Crippen molar-refractivity contribution in [3.05, 3.63) is 46.2 Å². The Kier molecular flexibility index (Phi) is 6.95. The molecule has 0 aliphatic carbocycles. The van der Waals surface area contributed by atoms with Crippen LogP contribution in [0.1, 0.15) is 18.9 Å². The molecule has 1 heterocycles. The Labute approximate surface area is 148 Å². The molecule has 0 unspecified atom stereocenters. The molecule has 0 saturated heterocycles. The fraction of sp³-hybridized carbons (Fsp3) is 0.267. The molecule has 122 valence electrons. The first kappa shape index (κ1) is 17.8. The van der Waals surface area contributed by atoms with Crippen molar-refractivity contribution in [2.24, 2.45) is 0 Å². The quantitative estimate of drug-likeness (QED) is 0.438. The average Bonchev–Trinajstić information content (AvgIpc) is 2.55. The Bertz CT molecular complexity index is 648. The fourth-order valence-corrected chi connectivity index (χ4v) is 2.89. The summed E-state index contributed by atoms with van der Waals surface area (Å²) in [6, 6.07) is 9.33. The third-order valence-electron chi connectivity index (χ3n) is 2.68.